The lowest BCUT2D eigenvalue weighted by Gasteiger charge is -2.07. The van der Waals surface area contributed by atoms with E-state index in [4.69, 9.17) is 0 Å². The number of aromatic nitrogens is 3. The summed E-state index contributed by atoms with van der Waals surface area (Å²) in [5, 5.41) is 9.81. The highest BCUT2D eigenvalue weighted by Crippen LogP contribution is 2.34. The average Bonchev–Trinajstić information content (AvgIpc) is 2.88. The monoisotopic (exact) mass is 437 g/mol. The first-order valence-corrected chi connectivity index (χ1v) is 8.57. The molecule has 0 atom stereocenters. The molecular weight excluding hydrogens is 426 g/mol. The van der Waals surface area contributed by atoms with E-state index in [-0.39, 0.29) is 11.5 Å². The number of hydrogen-bond donors (Lipinski definition) is 1. The molecular formula is C16H13Br2N3O2. The first-order valence-electron chi connectivity index (χ1n) is 6.98. The van der Waals surface area contributed by atoms with Crippen LogP contribution in [0.15, 0.2) is 33.5 Å². The highest BCUT2D eigenvalue weighted by atomic mass is 79.9. The van der Waals surface area contributed by atoms with Gasteiger partial charge in [-0.2, -0.15) is 0 Å². The number of nitrogens with zero attached hydrogens (tertiary/aromatic N) is 3. The van der Waals surface area contributed by atoms with Gasteiger partial charge in [0, 0.05) is 17.3 Å². The summed E-state index contributed by atoms with van der Waals surface area (Å²) in [6.07, 6.45) is 2.26. The van der Waals surface area contributed by atoms with Crippen molar-refractivity contribution in [2.75, 3.05) is 0 Å². The van der Waals surface area contributed by atoms with Gasteiger partial charge in [-0.3, -0.25) is 9.20 Å². The molecule has 1 N–H and O–H groups in total. The van der Waals surface area contributed by atoms with Crippen molar-refractivity contribution in [2.45, 2.75) is 20.3 Å². The summed E-state index contributed by atoms with van der Waals surface area (Å²) in [6, 6.07) is 5.05. The number of fused-ring (bicyclic) bond motifs is 1. The van der Waals surface area contributed by atoms with Gasteiger partial charge in [0.25, 0.3) is 0 Å². The fraction of sp³-hybridized carbons (Fsp3) is 0.188. The van der Waals surface area contributed by atoms with Crippen molar-refractivity contribution >= 4 is 43.3 Å². The largest absolute Gasteiger partial charge is 0.506 e. The van der Waals surface area contributed by atoms with Crippen LogP contribution in [0.2, 0.25) is 0 Å². The summed E-state index contributed by atoms with van der Waals surface area (Å²) in [4.78, 5) is 21.8. The van der Waals surface area contributed by atoms with Crippen molar-refractivity contribution in [3.8, 4) is 5.75 Å². The summed E-state index contributed by atoms with van der Waals surface area (Å²) in [6.45, 7) is 3.84. The Bertz CT molecular complexity index is 911. The highest BCUT2D eigenvalue weighted by molar-refractivity contribution is 9.11. The van der Waals surface area contributed by atoms with Crippen LogP contribution in [-0.4, -0.2) is 25.3 Å². The summed E-state index contributed by atoms with van der Waals surface area (Å²) < 4.78 is 2.62. The Morgan fingerprint density at radius 3 is 2.52 bits per heavy atom. The van der Waals surface area contributed by atoms with Crippen LogP contribution < -0.4 is 0 Å². The molecule has 0 spiro atoms. The molecule has 0 aliphatic rings. The molecule has 0 unspecified atom stereocenters. The van der Waals surface area contributed by atoms with Crippen LogP contribution >= 0.6 is 31.9 Å². The molecule has 0 bridgehead atoms. The zero-order chi connectivity index (χ0) is 16.7. The number of carbonyl (C=O) groups excluding carboxylic acids is 1. The Labute approximate surface area is 149 Å². The number of carbonyl (C=O) groups is 1. The second-order valence-corrected chi connectivity index (χ2v) is 6.85. The van der Waals surface area contributed by atoms with Crippen LogP contribution in [0.25, 0.3) is 5.65 Å². The number of phenolic OH excluding ortho intramolecular Hbond substituents is 1. The molecule has 2 heterocycles. The molecule has 0 amide bonds. The number of hydrogen-bond acceptors (Lipinski definition) is 4. The van der Waals surface area contributed by atoms with E-state index in [0.717, 1.165) is 11.4 Å². The van der Waals surface area contributed by atoms with E-state index < -0.39 is 0 Å². The number of aromatic hydroxyl groups is 1. The summed E-state index contributed by atoms with van der Waals surface area (Å²) in [5.74, 6) is -0.103. The molecule has 3 aromatic rings. The molecule has 0 aliphatic carbocycles. The third-order valence-electron chi connectivity index (χ3n) is 3.55. The van der Waals surface area contributed by atoms with Crippen LogP contribution in [0.5, 0.6) is 5.75 Å². The number of benzene rings is 1. The van der Waals surface area contributed by atoms with E-state index in [9.17, 15) is 9.90 Å². The highest BCUT2D eigenvalue weighted by Gasteiger charge is 2.21. The van der Waals surface area contributed by atoms with Gasteiger partial charge in [-0.15, -0.1) is 0 Å². The zero-order valence-electron chi connectivity index (χ0n) is 12.5. The van der Waals surface area contributed by atoms with Crippen LogP contribution in [-0.2, 0) is 6.42 Å². The molecule has 3 rings (SSSR count). The molecule has 0 fully saturated rings. The number of halogens is 2. The Kier molecular flexibility index (Phi) is 4.25. The van der Waals surface area contributed by atoms with Crippen LogP contribution in [0, 0.1) is 6.92 Å². The van der Waals surface area contributed by atoms with E-state index >= 15 is 0 Å². The predicted molar refractivity (Wildman–Crippen MR) is 94.0 cm³/mol. The van der Waals surface area contributed by atoms with Gasteiger partial charge >= 0.3 is 0 Å². The first-order chi connectivity index (χ1) is 10.9. The molecule has 0 saturated heterocycles. The fourth-order valence-corrected chi connectivity index (χ4v) is 3.60. The zero-order valence-corrected chi connectivity index (χ0v) is 15.6. The SMILES string of the molecule is CCc1nc2cc(C)ncn2c1C(=O)c1cc(Br)c(O)c(Br)c1. The fourth-order valence-electron chi connectivity index (χ4n) is 2.41. The molecule has 5 nitrogen and oxygen atoms in total. The smallest absolute Gasteiger partial charge is 0.211 e. The van der Waals surface area contributed by atoms with E-state index in [1.54, 1.807) is 22.9 Å². The molecule has 0 saturated carbocycles. The Hall–Kier alpha value is -1.73. The maximum absolute atomic E-state index is 13.0. The number of phenols is 1. The van der Waals surface area contributed by atoms with E-state index in [1.165, 1.54) is 0 Å². The quantitative estimate of drug-likeness (QED) is 0.626. The predicted octanol–water partition coefficient (Wildman–Crippen LogP) is 4.06. The third kappa shape index (κ3) is 2.79. The molecule has 23 heavy (non-hydrogen) atoms. The second-order valence-electron chi connectivity index (χ2n) is 5.14. The van der Waals surface area contributed by atoms with Crippen LogP contribution in [0.4, 0.5) is 0 Å². The van der Waals surface area contributed by atoms with Crippen molar-refractivity contribution in [3.63, 3.8) is 0 Å². The van der Waals surface area contributed by atoms with Gasteiger partial charge in [0.05, 0.1) is 14.6 Å². The van der Waals surface area contributed by atoms with Crippen LogP contribution in [0.3, 0.4) is 0 Å². The minimum absolute atomic E-state index is 0.0627. The van der Waals surface area contributed by atoms with Gasteiger partial charge < -0.3 is 5.11 Å². The summed E-state index contributed by atoms with van der Waals surface area (Å²) in [7, 11) is 0. The lowest BCUT2D eigenvalue weighted by Crippen LogP contribution is -2.09. The molecule has 7 heteroatoms. The molecule has 118 valence electrons. The van der Waals surface area contributed by atoms with Gasteiger partial charge in [-0.1, -0.05) is 6.92 Å². The Balaban J connectivity index is 2.21. The van der Waals surface area contributed by atoms with E-state index in [0.29, 0.717) is 32.3 Å². The molecule has 2 aromatic heterocycles. The van der Waals surface area contributed by atoms with Gasteiger partial charge in [0.2, 0.25) is 5.78 Å². The Morgan fingerprint density at radius 1 is 1.26 bits per heavy atom. The number of aryl methyl sites for hydroxylation is 2. The molecule has 1 aromatic carbocycles. The van der Waals surface area contributed by atoms with Crippen molar-refractivity contribution in [1.29, 1.82) is 0 Å². The number of ketones is 1. The van der Waals surface area contributed by atoms with Crippen LogP contribution in [0.1, 0.15) is 34.4 Å². The normalized spacial score (nSPS) is 11.1. The van der Waals surface area contributed by atoms with Gasteiger partial charge in [-0.05, 0) is 57.3 Å². The van der Waals surface area contributed by atoms with Crippen molar-refractivity contribution < 1.29 is 9.90 Å². The lowest BCUT2D eigenvalue weighted by molar-refractivity contribution is 0.103. The standard InChI is InChI=1S/C16H13Br2N3O2/c1-3-12-14(21-7-19-8(2)4-13(21)20-12)15(22)9-5-10(17)16(23)11(18)6-9/h4-7,23H,3H2,1-2H3. The second kappa shape index (κ2) is 6.05. The maximum Gasteiger partial charge on any atom is 0.211 e. The topological polar surface area (TPSA) is 67.5 Å². The Morgan fingerprint density at radius 2 is 1.91 bits per heavy atom. The van der Waals surface area contributed by atoms with Gasteiger partial charge in [0.1, 0.15) is 23.4 Å². The molecule has 0 aliphatic heterocycles. The maximum atomic E-state index is 13.0. The minimum Gasteiger partial charge on any atom is -0.506 e. The van der Waals surface area contributed by atoms with Crippen molar-refractivity contribution in [2.24, 2.45) is 0 Å². The van der Waals surface area contributed by atoms with Crippen molar-refractivity contribution in [1.82, 2.24) is 14.4 Å². The molecule has 0 radical (unpaired) electrons. The van der Waals surface area contributed by atoms with Gasteiger partial charge in [0.15, 0.2) is 0 Å². The van der Waals surface area contributed by atoms with E-state index in [2.05, 4.69) is 41.8 Å². The minimum atomic E-state index is -0.165. The first kappa shape index (κ1) is 16.1. The lowest BCUT2D eigenvalue weighted by atomic mass is 10.1. The summed E-state index contributed by atoms with van der Waals surface area (Å²) >= 11 is 6.51. The van der Waals surface area contributed by atoms with Gasteiger partial charge in [-0.25, -0.2) is 9.97 Å². The van der Waals surface area contributed by atoms with E-state index in [1.807, 2.05) is 19.9 Å². The summed E-state index contributed by atoms with van der Waals surface area (Å²) in [5.41, 5.74) is 3.23. The number of imidazole rings is 1. The third-order valence-corrected chi connectivity index (χ3v) is 4.76. The van der Waals surface area contributed by atoms with Crippen molar-refractivity contribution in [3.05, 3.63) is 56.1 Å². The number of rotatable bonds is 3. The average molecular weight is 439 g/mol.